The van der Waals surface area contributed by atoms with Crippen molar-refractivity contribution in [1.29, 1.82) is 0 Å². The summed E-state index contributed by atoms with van der Waals surface area (Å²) in [7, 11) is 0. The average molecular weight is 418 g/mol. The maximum atomic E-state index is 12.9. The minimum Gasteiger partial charge on any atom is -0.342 e. The second kappa shape index (κ2) is 8.72. The predicted octanol–water partition coefficient (Wildman–Crippen LogP) is 5.87. The molecule has 3 aromatic carbocycles. The first kappa shape index (κ1) is 20.2. The molecule has 0 spiro atoms. The molecule has 0 fully saturated rings. The molecule has 1 N–H and O–H groups in total. The summed E-state index contributed by atoms with van der Waals surface area (Å²) in [5, 5.41) is 3.90. The lowest BCUT2D eigenvalue weighted by molar-refractivity contribution is 0.0922. The molecule has 4 nitrogen and oxygen atoms in total. The van der Waals surface area contributed by atoms with Gasteiger partial charge in [-0.1, -0.05) is 67.9 Å². The van der Waals surface area contributed by atoms with E-state index in [1.54, 1.807) is 0 Å². The average Bonchev–Trinajstić information content (AvgIpc) is 3.10. The molecule has 1 atom stereocenters. The first-order chi connectivity index (χ1) is 14.5. The van der Waals surface area contributed by atoms with Crippen molar-refractivity contribution >= 4 is 28.5 Å². The van der Waals surface area contributed by atoms with Crippen LogP contribution in [0.5, 0.6) is 0 Å². The Kier molecular flexibility index (Phi) is 5.86. The second-order valence-electron chi connectivity index (χ2n) is 7.74. The van der Waals surface area contributed by atoms with E-state index in [-0.39, 0.29) is 17.9 Å². The van der Waals surface area contributed by atoms with Crippen LogP contribution in [-0.4, -0.2) is 15.5 Å². The number of nitrogens with zero attached hydrogens (tertiary/aromatic N) is 2. The molecule has 0 aliphatic rings. The molecule has 0 bridgehead atoms. The van der Waals surface area contributed by atoms with Gasteiger partial charge in [0.2, 0.25) is 0 Å². The zero-order valence-electron chi connectivity index (χ0n) is 17.0. The minimum atomic E-state index is -0.232. The standard InChI is InChI=1S/C25H24ClN3O/c1-17(2)23(28-25(30)19-10-4-3-5-11-19)24-27-21-13-6-7-14-22(21)29(24)16-18-9-8-12-20(26)15-18/h3-15,17,23H,16H2,1-2H3,(H,28,30). The zero-order chi connectivity index (χ0) is 21.1. The Morgan fingerprint density at radius 2 is 1.73 bits per heavy atom. The van der Waals surface area contributed by atoms with Crippen molar-refractivity contribution in [2.75, 3.05) is 0 Å². The van der Waals surface area contributed by atoms with Crippen molar-refractivity contribution in [2.45, 2.75) is 26.4 Å². The number of carbonyl (C=O) groups is 1. The van der Waals surface area contributed by atoms with Gasteiger partial charge in [-0.05, 0) is 47.9 Å². The van der Waals surface area contributed by atoms with Crippen LogP contribution in [0, 0.1) is 5.92 Å². The summed E-state index contributed by atoms with van der Waals surface area (Å²) in [6.07, 6.45) is 0. The number of nitrogens with one attached hydrogen (secondary N) is 1. The second-order valence-corrected chi connectivity index (χ2v) is 8.17. The molecule has 152 valence electrons. The van der Waals surface area contributed by atoms with E-state index < -0.39 is 0 Å². The maximum absolute atomic E-state index is 12.9. The van der Waals surface area contributed by atoms with Crippen LogP contribution in [0.25, 0.3) is 11.0 Å². The normalized spacial score (nSPS) is 12.3. The molecule has 4 aromatic rings. The van der Waals surface area contributed by atoms with Gasteiger partial charge in [-0.15, -0.1) is 0 Å². The number of benzene rings is 3. The molecule has 1 heterocycles. The van der Waals surface area contributed by atoms with E-state index in [2.05, 4.69) is 35.9 Å². The molecule has 5 heteroatoms. The highest BCUT2D eigenvalue weighted by atomic mass is 35.5. The Balaban J connectivity index is 1.76. The summed E-state index contributed by atoms with van der Waals surface area (Å²) in [4.78, 5) is 17.8. The summed E-state index contributed by atoms with van der Waals surface area (Å²) < 4.78 is 2.18. The SMILES string of the molecule is CC(C)C(NC(=O)c1ccccc1)c1nc2ccccc2n1Cc1cccc(Cl)c1. The highest BCUT2D eigenvalue weighted by Gasteiger charge is 2.25. The smallest absolute Gasteiger partial charge is 0.251 e. The van der Waals surface area contributed by atoms with E-state index in [4.69, 9.17) is 16.6 Å². The Labute approximate surface area is 181 Å². The van der Waals surface area contributed by atoms with E-state index >= 15 is 0 Å². The van der Waals surface area contributed by atoms with Gasteiger partial charge < -0.3 is 9.88 Å². The van der Waals surface area contributed by atoms with Gasteiger partial charge in [-0.25, -0.2) is 4.98 Å². The molecule has 30 heavy (non-hydrogen) atoms. The fourth-order valence-electron chi connectivity index (χ4n) is 3.66. The van der Waals surface area contributed by atoms with Gasteiger partial charge in [-0.3, -0.25) is 4.79 Å². The Bertz CT molecular complexity index is 1170. The molecular weight excluding hydrogens is 394 g/mol. The van der Waals surface area contributed by atoms with Gasteiger partial charge >= 0.3 is 0 Å². The minimum absolute atomic E-state index is 0.101. The zero-order valence-corrected chi connectivity index (χ0v) is 17.8. The number of carbonyl (C=O) groups excluding carboxylic acids is 1. The molecule has 1 unspecified atom stereocenters. The van der Waals surface area contributed by atoms with Crippen molar-refractivity contribution in [1.82, 2.24) is 14.9 Å². The number of hydrogen-bond donors (Lipinski definition) is 1. The monoisotopic (exact) mass is 417 g/mol. The molecule has 0 saturated carbocycles. The number of rotatable bonds is 6. The molecular formula is C25H24ClN3O. The lowest BCUT2D eigenvalue weighted by Crippen LogP contribution is -2.33. The van der Waals surface area contributed by atoms with Crippen molar-refractivity contribution in [3.63, 3.8) is 0 Å². The van der Waals surface area contributed by atoms with Crippen LogP contribution in [0.3, 0.4) is 0 Å². The van der Waals surface area contributed by atoms with Gasteiger partial charge in [0.25, 0.3) is 5.91 Å². The largest absolute Gasteiger partial charge is 0.342 e. The van der Waals surface area contributed by atoms with Crippen LogP contribution < -0.4 is 5.32 Å². The van der Waals surface area contributed by atoms with Crippen molar-refractivity contribution in [3.05, 3.63) is 101 Å². The number of halogens is 1. The van der Waals surface area contributed by atoms with Crippen molar-refractivity contribution in [2.24, 2.45) is 5.92 Å². The molecule has 0 saturated heterocycles. The van der Waals surface area contributed by atoms with Crippen LogP contribution in [0.15, 0.2) is 78.9 Å². The number of imidazole rings is 1. The third-order valence-corrected chi connectivity index (χ3v) is 5.42. The molecule has 0 aliphatic heterocycles. The van der Waals surface area contributed by atoms with Crippen LogP contribution in [0.1, 0.15) is 41.6 Å². The van der Waals surface area contributed by atoms with Crippen LogP contribution >= 0.6 is 11.6 Å². The summed E-state index contributed by atoms with van der Waals surface area (Å²) in [6, 6.07) is 24.9. The molecule has 0 radical (unpaired) electrons. The van der Waals surface area contributed by atoms with Crippen LogP contribution in [0.4, 0.5) is 0 Å². The lowest BCUT2D eigenvalue weighted by atomic mass is 10.0. The third kappa shape index (κ3) is 4.24. The Morgan fingerprint density at radius 1 is 1.00 bits per heavy atom. The van der Waals surface area contributed by atoms with Crippen LogP contribution in [-0.2, 0) is 6.54 Å². The maximum Gasteiger partial charge on any atom is 0.251 e. The number of fused-ring (bicyclic) bond motifs is 1. The Morgan fingerprint density at radius 3 is 2.47 bits per heavy atom. The van der Waals surface area contributed by atoms with Crippen molar-refractivity contribution < 1.29 is 4.79 Å². The fourth-order valence-corrected chi connectivity index (χ4v) is 3.87. The molecule has 0 aliphatic carbocycles. The summed E-state index contributed by atoms with van der Waals surface area (Å²) in [6.45, 7) is 4.82. The fraction of sp³-hybridized carbons (Fsp3) is 0.200. The predicted molar refractivity (Wildman–Crippen MR) is 122 cm³/mol. The first-order valence-electron chi connectivity index (χ1n) is 10.1. The highest BCUT2D eigenvalue weighted by Crippen LogP contribution is 2.27. The highest BCUT2D eigenvalue weighted by molar-refractivity contribution is 6.30. The summed E-state index contributed by atoms with van der Waals surface area (Å²) in [5.41, 5.74) is 3.67. The number of amides is 1. The molecule has 1 amide bonds. The number of hydrogen-bond acceptors (Lipinski definition) is 2. The quantitative estimate of drug-likeness (QED) is 0.426. The van der Waals surface area contributed by atoms with Gasteiger partial charge in [0.05, 0.1) is 17.1 Å². The van der Waals surface area contributed by atoms with Crippen LogP contribution in [0.2, 0.25) is 5.02 Å². The molecule has 4 rings (SSSR count). The number of aromatic nitrogens is 2. The van der Waals surface area contributed by atoms with E-state index in [0.717, 1.165) is 22.4 Å². The van der Waals surface area contributed by atoms with Crippen molar-refractivity contribution in [3.8, 4) is 0 Å². The number of para-hydroxylation sites is 2. The van der Waals surface area contributed by atoms with E-state index in [0.29, 0.717) is 17.1 Å². The molecule has 1 aromatic heterocycles. The lowest BCUT2D eigenvalue weighted by Gasteiger charge is -2.23. The van der Waals surface area contributed by atoms with Gasteiger partial charge in [-0.2, -0.15) is 0 Å². The summed E-state index contributed by atoms with van der Waals surface area (Å²) >= 11 is 6.21. The van der Waals surface area contributed by atoms with E-state index in [9.17, 15) is 4.79 Å². The van der Waals surface area contributed by atoms with Gasteiger partial charge in [0.1, 0.15) is 5.82 Å². The Hall–Kier alpha value is -3.11. The summed E-state index contributed by atoms with van der Waals surface area (Å²) in [5.74, 6) is 0.902. The van der Waals surface area contributed by atoms with Gasteiger partial charge in [0, 0.05) is 17.1 Å². The topological polar surface area (TPSA) is 46.9 Å². The van der Waals surface area contributed by atoms with E-state index in [1.807, 2.05) is 66.7 Å². The van der Waals surface area contributed by atoms with Gasteiger partial charge in [0.15, 0.2) is 0 Å². The third-order valence-electron chi connectivity index (χ3n) is 5.18. The van der Waals surface area contributed by atoms with E-state index in [1.165, 1.54) is 0 Å². The first-order valence-corrected chi connectivity index (χ1v) is 10.5.